The number of aliphatic imine (C=N–C) groups is 1. The molecule has 80 valence electrons. The SMILES string of the molecule is Oc1cc(O)c(NC2=NCCN2)cc1Cl. The molecule has 15 heavy (non-hydrogen) atoms. The van der Waals surface area contributed by atoms with E-state index in [2.05, 4.69) is 15.6 Å². The summed E-state index contributed by atoms with van der Waals surface area (Å²) in [7, 11) is 0. The molecule has 1 heterocycles. The van der Waals surface area contributed by atoms with Crippen LogP contribution in [0, 0.1) is 0 Å². The lowest BCUT2D eigenvalue weighted by molar-refractivity contribution is 0.452. The van der Waals surface area contributed by atoms with E-state index < -0.39 is 0 Å². The van der Waals surface area contributed by atoms with Crippen LogP contribution in [0.5, 0.6) is 11.5 Å². The average Bonchev–Trinajstić information content (AvgIpc) is 2.67. The largest absolute Gasteiger partial charge is 0.506 e. The van der Waals surface area contributed by atoms with E-state index in [1.165, 1.54) is 12.1 Å². The van der Waals surface area contributed by atoms with Gasteiger partial charge in [-0.05, 0) is 6.07 Å². The molecule has 0 unspecified atom stereocenters. The van der Waals surface area contributed by atoms with Gasteiger partial charge in [0.15, 0.2) is 5.96 Å². The number of anilines is 1. The molecule has 1 aliphatic rings. The number of hydrogen-bond donors (Lipinski definition) is 4. The van der Waals surface area contributed by atoms with Gasteiger partial charge in [-0.25, -0.2) is 0 Å². The van der Waals surface area contributed by atoms with Crippen molar-refractivity contribution < 1.29 is 10.2 Å². The Morgan fingerprint density at radius 1 is 1.33 bits per heavy atom. The highest BCUT2D eigenvalue weighted by Gasteiger charge is 2.10. The monoisotopic (exact) mass is 227 g/mol. The zero-order valence-electron chi connectivity index (χ0n) is 7.79. The molecule has 0 spiro atoms. The fourth-order valence-corrected chi connectivity index (χ4v) is 1.42. The van der Waals surface area contributed by atoms with Gasteiger partial charge in [0.2, 0.25) is 0 Å². The second kappa shape index (κ2) is 3.86. The van der Waals surface area contributed by atoms with Crippen LogP contribution in [0.1, 0.15) is 0 Å². The van der Waals surface area contributed by atoms with Gasteiger partial charge in [0.05, 0.1) is 17.3 Å². The molecule has 0 radical (unpaired) electrons. The summed E-state index contributed by atoms with van der Waals surface area (Å²) in [6.07, 6.45) is 0. The normalized spacial score (nSPS) is 14.6. The lowest BCUT2D eigenvalue weighted by atomic mass is 10.2. The molecule has 5 nitrogen and oxygen atoms in total. The van der Waals surface area contributed by atoms with Gasteiger partial charge < -0.3 is 20.8 Å². The first-order valence-corrected chi connectivity index (χ1v) is 4.81. The van der Waals surface area contributed by atoms with Gasteiger partial charge in [-0.15, -0.1) is 0 Å². The zero-order chi connectivity index (χ0) is 10.8. The van der Waals surface area contributed by atoms with Crippen LogP contribution in [0.2, 0.25) is 5.02 Å². The van der Waals surface area contributed by atoms with Crippen molar-refractivity contribution in [3.63, 3.8) is 0 Å². The number of halogens is 1. The summed E-state index contributed by atoms with van der Waals surface area (Å²) in [5, 5.41) is 24.8. The Labute approximate surface area is 91.4 Å². The van der Waals surface area contributed by atoms with Gasteiger partial charge in [0.25, 0.3) is 0 Å². The molecule has 0 atom stereocenters. The second-order valence-electron chi connectivity index (χ2n) is 3.10. The van der Waals surface area contributed by atoms with E-state index in [1.54, 1.807) is 0 Å². The van der Waals surface area contributed by atoms with Crippen LogP contribution in [0.3, 0.4) is 0 Å². The van der Waals surface area contributed by atoms with E-state index in [0.717, 1.165) is 6.54 Å². The highest BCUT2D eigenvalue weighted by atomic mass is 35.5. The quantitative estimate of drug-likeness (QED) is 0.428. The molecule has 4 N–H and O–H groups in total. The van der Waals surface area contributed by atoms with E-state index in [1.807, 2.05) is 0 Å². The number of nitrogens with one attached hydrogen (secondary N) is 2. The highest BCUT2D eigenvalue weighted by molar-refractivity contribution is 6.32. The van der Waals surface area contributed by atoms with Crippen LogP contribution in [0.25, 0.3) is 0 Å². The number of phenols is 2. The molecular formula is C9H10ClN3O2. The van der Waals surface area contributed by atoms with Gasteiger partial charge >= 0.3 is 0 Å². The van der Waals surface area contributed by atoms with Gasteiger partial charge in [-0.1, -0.05) is 11.6 Å². The van der Waals surface area contributed by atoms with Crippen LogP contribution in [-0.2, 0) is 0 Å². The first-order valence-electron chi connectivity index (χ1n) is 4.43. The number of rotatable bonds is 1. The molecule has 2 rings (SSSR count). The maximum Gasteiger partial charge on any atom is 0.196 e. The first kappa shape index (κ1) is 9.92. The first-order chi connectivity index (χ1) is 7.16. The smallest absolute Gasteiger partial charge is 0.196 e. The van der Waals surface area contributed by atoms with Crippen molar-refractivity contribution in [3.8, 4) is 11.5 Å². The summed E-state index contributed by atoms with van der Waals surface area (Å²) < 4.78 is 0. The van der Waals surface area contributed by atoms with Crippen molar-refractivity contribution in [2.24, 2.45) is 4.99 Å². The highest BCUT2D eigenvalue weighted by Crippen LogP contribution is 2.34. The molecule has 1 aromatic rings. The standard InChI is InChI=1S/C9H10ClN3O2/c10-5-3-6(8(15)4-7(5)14)13-9-11-1-2-12-9/h3-4,14-15H,1-2H2,(H2,11,12,13). The minimum absolute atomic E-state index is 0.0756. The third-order valence-electron chi connectivity index (χ3n) is 1.99. The predicted molar refractivity (Wildman–Crippen MR) is 58.7 cm³/mol. The average molecular weight is 228 g/mol. The minimum atomic E-state index is -0.152. The van der Waals surface area contributed by atoms with Gasteiger partial charge in [0, 0.05) is 12.6 Å². The summed E-state index contributed by atoms with van der Waals surface area (Å²) in [6.45, 7) is 1.48. The lowest BCUT2D eigenvalue weighted by Crippen LogP contribution is -2.26. The number of hydrogen-bond acceptors (Lipinski definition) is 5. The maximum atomic E-state index is 9.51. The van der Waals surface area contributed by atoms with Crippen LogP contribution in [0.15, 0.2) is 17.1 Å². The van der Waals surface area contributed by atoms with Crippen molar-refractivity contribution in [2.75, 3.05) is 18.4 Å². The second-order valence-corrected chi connectivity index (χ2v) is 3.51. The van der Waals surface area contributed by atoms with Gasteiger partial charge in [-0.3, -0.25) is 4.99 Å². The van der Waals surface area contributed by atoms with Crippen molar-refractivity contribution in [3.05, 3.63) is 17.2 Å². The van der Waals surface area contributed by atoms with E-state index in [4.69, 9.17) is 11.6 Å². The molecule has 6 heteroatoms. The number of nitrogens with zero attached hydrogens (tertiary/aromatic N) is 1. The molecule has 1 aromatic carbocycles. The fraction of sp³-hybridized carbons (Fsp3) is 0.222. The number of benzene rings is 1. The molecule has 0 saturated heterocycles. The Hall–Kier alpha value is -1.62. The predicted octanol–water partition coefficient (Wildman–Crippen LogP) is 1.12. The molecular weight excluding hydrogens is 218 g/mol. The van der Waals surface area contributed by atoms with E-state index in [-0.39, 0.29) is 16.5 Å². The Kier molecular flexibility index (Phi) is 2.55. The molecule has 0 amide bonds. The van der Waals surface area contributed by atoms with E-state index in [9.17, 15) is 10.2 Å². The Morgan fingerprint density at radius 2 is 2.13 bits per heavy atom. The molecule has 0 aliphatic carbocycles. The van der Waals surface area contributed by atoms with Gasteiger partial charge in [0.1, 0.15) is 11.5 Å². The summed E-state index contributed by atoms with van der Waals surface area (Å²) in [4.78, 5) is 4.10. The van der Waals surface area contributed by atoms with Crippen LogP contribution in [-0.4, -0.2) is 29.3 Å². The minimum Gasteiger partial charge on any atom is -0.506 e. The number of aromatic hydroxyl groups is 2. The van der Waals surface area contributed by atoms with Crippen molar-refractivity contribution >= 4 is 23.2 Å². The molecule has 0 fully saturated rings. The van der Waals surface area contributed by atoms with Crippen LogP contribution < -0.4 is 10.6 Å². The third kappa shape index (κ3) is 2.07. The lowest BCUT2D eigenvalue weighted by Gasteiger charge is -2.09. The Bertz CT molecular complexity index is 420. The molecule has 1 aliphatic heterocycles. The summed E-state index contributed by atoms with van der Waals surface area (Å²) in [6, 6.07) is 2.62. The number of guanidine groups is 1. The summed E-state index contributed by atoms with van der Waals surface area (Å²) >= 11 is 5.71. The van der Waals surface area contributed by atoms with Crippen molar-refractivity contribution in [2.45, 2.75) is 0 Å². The Morgan fingerprint density at radius 3 is 2.80 bits per heavy atom. The van der Waals surface area contributed by atoms with E-state index in [0.29, 0.717) is 18.2 Å². The summed E-state index contributed by atoms with van der Waals surface area (Å²) in [5.41, 5.74) is 0.408. The van der Waals surface area contributed by atoms with Crippen LogP contribution in [0.4, 0.5) is 5.69 Å². The number of phenolic OH excluding ortho intramolecular Hbond substituents is 2. The maximum absolute atomic E-state index is 9.51. The van der Waals surface area contributed by atoms with Crippen molar-refractivity contribution in [1.82, 2.24) is 5.32 Å². The molecule has 0 bridgehead atoms. The fourth-order valence-electron chi connectivity index (χ4n) is 1.26. The third-order valence-corrected chi connectivity index (χ3v) is 2.30. The van der Waals surface area contributed by atoms with E-state index >= 15 is 0 Å². The zero-order valence-corrected chi connectivity index (χ0v) is 8.54. The van der Waals surface area contributed by atoms with Crippen molar-refractivity contribution in [1.29, 1.82) is 0 Å². The topological polar surface area (TPSA) is 76.9 Å². The molecule has 0 aromatic heterocycles. The molecule has 0 saturated carbocycles. The summed E-state index contributed by atoms with van der Waals surface area (Å²) in [5.74, 6) is 0.362. The Balaban J connectivity index is 2.24. The van der Waals surface area contributed by atoms with Crippen LogP contribution >= 0.6 is 11.6 Å². The van der Waals surface area contributed by atoms with Gasteiger partial charge in [-0.2, -0.15) is 0 Å².